The molecular formula is C11H23ClF2N2O2. The number of hydrogen-bond acceptors (Lipinski definition) is 4. The Hall–Kier alpha value is -0.0100. The Morgan fingerprint density at radius 3 is 2.72 bits per heavy atom. The van der Waals surface area contributed by atoms with Crippen molar-refractivity contribution in [3.63, 3.8) is 0 Å². The number of ether oxygens (including phenoxy) is 2. The lowest BCUT2D eigenvalue weighted by Gasteiger charge is -2.38. The Labute approximate surface area is 113 Å². The maximum Gasteiger partial charge on any atom is 0.261 e. The van der Waals surface area contributed by atoms with Crippen molar-refractivity contribution in [1.82, 2.24) is 4.90 Å². The highest BCUT2D eigenvalue weighted by molar-refractivity contribution is 5.85. The predicted molar refractivity (Wildman–Crippen MR) is 68.5 cm³/mol. The molecule has 1 heterocycles. The summed E-state index contributed by atoms with van der Waals surface area (Å²) >= 11 is 0. The van der Waals surface area contributed by atoms with Gasteiger partial charge in [-0.2, -0.15) is 0 Å². The van der Waals surface area contributed by atoms with Crippen LogP contribution < -0.4 is 5.73 Å². The van der Waals surface area contributed by atoms with E-state index >= 15 is 0 Å². The molecule has 4 nitrogen and oxygen atoms in total. The van der Waals surface area contributed by atoms with Gasteiger partial charge in [-0.05, 0) is 12.8 Å². The fraction of sp³-hybridized carbons (Fsp3) is 1.00. The van der Waals surface area contributed by atoms with E-state index < -0.39 is 13.0 Å². The largest absolute Gasteiger partial charge is 0.381 e. The molecule has 1 saturated heterocycles. The topological polar surface area (TPSA) is 47.7 Å². The molecule has 1 aliphatic rings. The molecule has 0 bridgehead atoms. The minimum absolute atomic E-state index is 0. The minimum Gasteiger partial charge on any atom is -0.381 e. The molecule has 0 radical (unpaired) electrons. The van der Waals surface area contributed by atoms with Crippen molar-refractivity contribution in [3.8, 4) is 0 Å². The lowest BCUT2D eigenvalue weighted by Crippen LogP contribution is -2.49. The molecule has 0 spiro atoms. The van der Waals surface area contributed by atoms with Crippen molar-refractivity contribution < 1.29 is 18.3 Å². The Bertz CT molecular complexity index is 213. The van der Waals surface area contributed by atoms with Crippen LogP contribution in [0.3, 0.4) is 0 Å². The van der Waals surface area contributed by atoms with Crippen LogP contribution in [0.15, 0.2) is 0 Å². The van der Waals surface area contributed by atoms with Crippen molar-refractivity contribution in [2.75, 3.05) is 40.0 Å². The summed E-state index contributed by atoms with van der Waals surface area (Å²) in [6, 6.07) is 0.267. The van der Waals surface area contributed by atoms with Crippen LogP contribution in [0.25, 0.3) is 0 Å². The molecule has 2 atom stereocenters. The van der Waals surface area contributed by atoms with Crippen molar-refractivity contribution in [2.24, 2.45) is 5.73 Å². The normalized spacial score (nSPS) is 25.2. The highest BCUT2D eigenvalue weighted by Crippen LogP contribution is 2.18. The Morgan fingerprint density at radius 1 is 1.44 bits per heavy atom. The first-order chi connectivity index (χ1) is 8.17. The van der Waals surface area contributed by atoms with E-state index in [1.54, 1.807) is 7.11 Å². The average Bonchev–Trinajstić information content (AvgIpc) is 2.34. The highest BCUT2D eigenvalue weighted by atomic mass is 35.5. The van der Waals surface area contributed by atoms with Gasteiger partial charge in [-0.15, -0.1) is 12.4 Å². The second-order valence-corrected chi connectivity index (χ2v) is 4.27. The maximum absolute atomic E-state index is 11.9. The molecule has 2 N–H and O–H groups in total. The van der Waals surface area contributed by atoms with Crippen LogP contribution in [0.2, 0.25) is 0 Å². The number of hydrogen-bond donors (Lipinski definition) is 1. The molecule has 18 heavy (non-hydrogen) atoms. The molecule has 110 valence electrons. The van der Waals surface area contributed by atoms with Gasteiger partial charge in [0.1, 0.15) is 6.61 Å². The standard InChI is InChI=1S/C11H22F2N2O2.ClH/c1-16-10-2-3-15(9(6-10)7-14)4-5-17-8-11(12)13;/h9-11H,2-8,14H2,1H3;1H. The summed E-state index contributed by atoms with van der Waals surface area (Å²) in [5.41, 5.74) is 5.70. The first-order valence-electron chi connectivity index (χ1n) is 6.00. The first-order valence-corrected chi connectivity index (χ1v) is 6.00. The van der Waals surface area contributed by atoms with Gasteiger partial charge in [0.2, 0.25) is 0 Å². The molecule has 0 aromatic carbocycles. The number of nitrogens with zero attached hydrogens (tertiary/aromatic N) is 1. The van der Waals surface area contributed by atoms with Gasteiger partial charge in [-0.1, -0.05) is 0 Å². The zero-order chi connectivity index (χ0) is 12.7. The summed E-state index contributed by atoms with van der Waals surface area (Å²) in [5, 5.41) is 0. The maximum atomic E-state index is 11.9. The number of alkyl halides is 2. The summed E-state index contributed by atoms with van der Waals surface area (Å²) in [6.07, 6.45) is -0.259. The molecule has 2 unspecified atom stereocenters. The fourth-order valence-electron chi connectivity index (χ4n) is 2.17. The van der Waals surface area contributed by atoms with Crippen molar-refractivity contribution in [3.05, 3.63) is 0 Å². The monoisotopic (exact) mass is 288 g/mol. The zero-order valence-corrected chi connectivity index (χ0v) is 11.5. The highest BCUT2D eigenvalue weighted by Gasteiger charge is 2.26. The Balaban J connectivity index is 0.00000289. The lowest BCUT2D eigenvalue weighted by molar-refractivity contribution is -0.0167. The molecule has 0 aliphatic carbocycles. The van der Waals surface area contributed by atoms with Gasteiger partial charge >= 0.3 is 0 Å². The van der Waals surface area contributed by atoms with Gasteiger partial charge in [0.05, 0.1) is 12.7 Å². The van der Waals surface area contributed by atoms with E-state index in [1.165, 1.54) is 0 Å². The summed E-state index contributed by atoms with van der Waals surface area (Å²) in [4.78, 5) is 2.20. The van der Waals surface area contributed by atoms with E-state index in [-0.39, 0.29) is 24.6 Å². The molecule has 7 heteroatoms. The van der Waals surface area contributed by atoms with Crippen LogP contribution in [0.5, 0.6) is 0 Å². The number of likely N-dealkylation sites (tertiary alicyclic amines) is 1. The minimum atomic E-state index is -2.39. The summed E-state index contributed by atoms with van der Waals surface area (Å²) in [6.45, 7) is 1.96. The van der Waals surface area contributed by atoms with E-state index in [0.717, 1.165) is 19.4 Å². The van der Waals surface area contributed by atoms with E-state index in [0.29, 0.717) is 19.7 Å². The molecule has 1 aliphatic heterocycles. The zero-order valence-electron chi connectivity index (χ0n) is 10.7. The number of nitrogens with two attached hydrogens (primary N) is 1. The van der Waals surface area contributed by atoms with E-state index in [9.17, 15) is 8.78 Å². The number of piperidine rings is 1. The second-order valence-electron chi connectivity index (χ2n) is 4.27. The van der Waals surface area contributed by atoms with Gasteiger partial charge in [-0.3, -0.25) is 4.90 Å². The molecular weight excluding hydrogens is 266 g/mol. The third kappa shape index (κ3) is 6.24. The second kappa shape index (κ2) is 9.86. The van der Waals surface area contributed by atoms with Crippen molar-refractivity contribution >= 4 is 12.4 Å². The molecule has 0 amide bonds. The van der Waals surface area contributed by atoms with Gasteiger partial charge < -0.3 is 15.2 Å². The van der Waals surface area contributed by atoms with E-state index in [4.69, 9.17) is 15.2 Å². The number of rotatable bonds is 7. The van der Waals surface area contributed by atoms with Crippen LogP contribution in [-0.2, 0) is 9.47 Å². The lowest BCUT2D eigenvalue weighted by atomic mass is 9.99. The SMILES string of the molecule is COC1CCN(CCOCC(F)F)C(CN)C1.Cl. The number of halogens is 3. The average molecular weight is 289 g/mol. The third-order valence-electron chi connectivity index (χ3n) is 3.16. The van der Waals surface area contributed by atoms with E-state index in [2.05, 4.69) is 4.90 Å². The summed E-state index contributed by atoms with van der Waals surface area (Å²) < 4.78 is 33.9. The summed E-state index contributed by atoms with van der Waals surface area (Å²) in [5.74, 6) is 0. The predicted octanol–water partition coefficient (Wildman–Crippen LogP) is 1.13. The van der Waals surface area contributed by atoms with Crippen LogP contribution in [-0.4, -0.2) is 63.4 Å². The third-order valence-corrected chi connectivity index (χ3v) is 3.16. The van der Waals surface area contributed by atoms with Gasteiger partial charge in [0.25, 0.3) is 6.43 Å². The number of methoxy groups -OCH3 is 1. The van der Waals surface area contributed by atoms with E-state index in [1.807, 2.05) is 0 Å². The summed E-state index contributed by atoms with van der Waals surface area (Å²) in [7, 11) is 1.71. The molecule has 1 rings (SSSR count). The molecule has 0 aromatic heterocycles. The quantitative estimate of drug-likeness (QED) is 0.714. The van der Waals surface area contributed by atoms with Crippen molar-refractivity contribution in [2.45, 2.75) is 31.4 Å². The molecule has 0 aromatic rings. The van der Waals surface area contributed by atoms with Crippen molar-refractivity contribution in [1.29, 1.82) is 0 Å². The van der Waals surface area contributed by atoms with Crippen LogP contribution in [0, 0.1) is 0 Å². The Kier molecular flexibility index (Phi) is 9.85. The van der Waals surface area contributed by atoms with Crippen LogP contribution in [0.1, 0.15) is 12.8 Å². The Morgan fingerprint density at radius 2 is 2.17 bits per heavy atom. The van der Waals surface area contributed by atoms with Gasteiger partial charge in [0, 0.05) is 32.8 Å². The van der Waals surface area contributed by atoms with Crippen LogP contribution in [0.4, 0.5) is 8.78 Å². The van der Waals surface area contributed by atoms with Gasteiger partial charge in [-0.25, -0.2) is 8.78 Å². The molecule has 1 fully saturated rings. The van der Waals surface area contributed by atoms with Gasteiger partial charge in [0.15, 0.2) is 0 Å². The smallest absolute Gasteiger partial charge is 0.261 e. The molecule has 0 saturated carbocycles. The fourth-order valence-corrected chi connectivity index (χ4v) is 2.17. The van der Waals surface area contributed by atoms with Crippen LogP contribution >= 0.6 is 12.4 Å². The first kappa shape index (κ1) is 18.0.